The lowest BCUT2D eigenvalue weighted by molar-refractivity contribution is -0.150. The van der Waals surface area contributed by atoms with Gasteiger partial charge in [-0.3, -0.25) is 4.79 Å². The number of urea groups is 1. The summed E-state index contributed by atoms with van der Waals surface area (Å²) in [5.41, 5.74) is 5.20. The molecule has 0 aromatic rings. The molecule has 2 rings (SSSR count). The van der Waals surface area contributed by atoms with E-state index in [2.05, 4.69) is 5.32 Å². The maximum absolute atomic E-state index is 12.3. The van der Waals surface area contributed by atoms with Crippen LogP contribution < -0.4 is 11.1 Å². The number of hydrogen-bond acceptors (Lipinski definition) is 3. The van der Waals surface area contributed by atoms with Crippen LogP contribution in [0.3, 0.4) is 0 Å². The number of likely N-dealkylation sites (tertiary alicyclic amines) is 1. The number of carboxylic acids is 1. The Morgan fingerprint density at radius 1 is 1.30 bits per heavy atom. The maximum Gasteiger partial charge on any atom is 0.317 e. The van der Waals surface area contributed by atoms with E-state index >= 15 is 0 Å². The Morgan fingerprint density at radius 2 is 2.00 bits per heavy atom. The minimum Gasteiger partial charge on any atom is -0.481 e. The average Bonchev–Trinajstić information content (AvgIpc) is 2.41. The molecule has 0 spiro atoms. The van der Waals surface area contributed by atoms with E-state index in [9.17, 15) is 14.7 Å². The van der Waals surface area contributed by atoms with E-state index in [1.165, 1.54) is 0 Å². The molecule has 2 fully saturated rings. The van der Waals surface area contributed by atoms with Gasteiger partial charge in [-0.15, -0.1) is 0 Å². The summed E-state index contributed by atoms with van der Waals surface area (Å²) >= 11 is 0. The first-order valence-electron chi connectivity index (χ1n) is 7.47. The van der Waals surface area contributed by atoms with Crippen molar-refractivity contribution in [2.75, 3.05) is 13.1 Å². The summed E-state index contributed by atoms with van der Waals surface area (Å²) in [5, 5.41) is 12.3. The van der Waals surface area contributed by atoms with Gasteiger partial charge in [0.05, 0.1) is 5.41 Å². The minimum atomic E-state index is -0.829. The molecular weight excluding hydrogens is 258 g/mol. The van der Waals surface area contributed by atoms with E-state index in [0.717, 1.165) is 32.1 Å². The number of nitrogens with zero attached hydrogens (tertiary/aromatic N) is 1. The highest BCUT2D eigenvalue weighted by Gasteiger charge is 2.39. The first-order chi connectivity index (χ1) is 9.42. The molecular formula is C14H25N3O3. The van der Waals surface area contributed by atoms with Crippen LogP contribution in [0.2, 0.25) is 0 Å². The van der Waals surface area contributed by atoms with Crippen LogP contribution in [-0.4, -0.2) is 47.2 Å². The van der Waals surface area contributed by atoms with Crippen molar-refractivity contribution < 1.29 is 14.7 Å². The van der Waals surface area contributed by atoms with Crippen molar-refractivity contribution in [3.63, 3.8) is 0 Å². The highest BCUT2D eigenvalue weighted by atomic mass is 16.4. The van der Waals surface area contributed by atoms with Crippen molar-refractivity contribution >= 4 is 12.0 Å². The Bertz CT molecular complexity index is 388. The van der Waals surface area contributed by atoms with Crippen molar-refractivity contribution in [2.24, 2.45) is 11.1 Å². The zero-order chi connectivity index (χ0) is 14.8. The Labute approximate surface area is 119 Å². The number of carboxylic acid groups (broad SMARTS) is 1. The van der Waals surface area contributed by atoms with Crippen molar-refractivity contribution in [2.45, 2.75) is 57.5 Å². The Balaban J connectivity index is 1.93. The normalized spacial score (nSPS) is 34.6. The second-order valence-electron chi connectivity index (χ2n) is 6.40. The number of hydrogen-bond donors (Lipinski definition) is 3. The van der Waals surface area contributed by atoms with Crippen LogP contribution in [0.25, 0.3) is 0 Å². The summed E-state index contributed by atoms with van der Waals surface area (Å²) in [4.78, 5) is 25.2. The van der Waals surface area contributed by atoms with Gasteiger partial charge >= 0.3 is 12.0 Å². The molecule has 20 heavy (non-hydrogen) atoms. The van der Waals surface area contributed by atoms with Gasteiger partial charge in [-0.05, 0) is 32.6 Å². The van der Waals surface area contributed by atoms with Crippen molar-refractivity contribution in [3.05, 3.63) is 0 Å². The van der Waals surface area contributed by atoms with Crippen LogP contribution in [-0.2, 0) is 4.79 Å². The van der Waals surface area contributed by atoms with Gasteiger partial charge in [-0.2, -0.15) is 0 Å². The number of rotatable bonds is 2. The summed E-state index contributed by atoms with van der Waals surface area (Å²) < 4.78 is 0. The van der Waals surface area contributed by atoms with E-state index < -0.39 is 11.4 Å². The van der Waals surface area contributed by atoms with Crippen LogP contribution in [0.5, 0.6) is 0 Å². The second-order valence-corrected chi connectivity index (χ2v) is 6.40. The van der Waals surface area contributed by atoms with E-state index in [4.69, 9.17) is 5.73 Å². The first kappa shape index (κ1) is 15.1. The van der Waals surface area contributed by atoms with Gasteiger partial charge in [0, 0.05) is 25.2 Å². The molecule has 1 saturated heterocycles. The van der Waals surface area contributed by atoms with Gasteiger partial charge in [0.25, 0.3) is 0 Å². The number of aliphatic carboxylic acids is 1. The standard InChI is InChI=1S/C14H25N3O3/c1-14(12(18)19)7-4-8-17(9-14)13(20)16-11-6-3-2-5-10(11)15/h10-11H,2-9,15H2,1H3,(H,16,20)(H,18,19). The zero-order valence-corrected chi connectivity index (χ0v) is 12.1. The topological polar surface area (TPSA) is 95.7 Å². The molecule has 0 bridgehead atoms. The molecule has 1 aliphatic carbocycles. The van der Waals surface area contributed by atoms with Crippen LogP contribution >= 0.6 is 0 Å². The number of carbonyl (C=O) groups excluding carboxylic acids is 1. The van der Waals surface area contributed by atoms with Gasteiger partial charge in [0.1, 0.15) is 0 Å². The quantitative estimate of drug-likeness (QED) is 0.708. The summed E-state index contributed by atoms with van der Waals surface area (Å²) in [6.07, 6.45) is 5.41. The van der Waals surface area contributed by atoms with Crippen molar-refractivity contribution in [1.82, 2.24) is 10.2 Å². The van der Waals surface area contributed by atoms with Gasteiger partial charge < -0.3 is 21.1 Å². The predicted octanol–water partition coefficient (Wildman–Crippen LogP) is 1.15. The molecule has 0 aromatic carbocycles. The molecule has 6 nitrogen and oxygen atoms in total. The lowest BCUT2D eigenvalue weighted by Crippen LogP contribution is -2.56. The minimum absolute atomic E-state index is 0.0170. The van der Waals surface area contributed by atoms with Crippen LogP contribution in [0.1, 0.15) is 45.4 Å². The monoisotopic (exact) mass is 283 g/mol. The first-order valence-corrected chi connectivity index (χ1v) is 7.47. The average molecular weight is 283 g/mol. The van der Waals surface area contributed by atoms with E-state index in [1.807, 2.05) is 0 Å². The van der Waals surface area contributed by atoms with E-state index in [-0.39, 0.29) is 24.7 Å². The predicted molar refractivity (Wildman–Crippen MR) is 75.3 cm³/mol. The van der Waals surface area contributed by atoms with Crippen LogP contribution in [0.15, 0.2) is 0 Å². The third-order valence-electron chi connectivity index (χ3n) is 4.63. The maximum atomic E-state index is 12.3. The zero-order valence-electron chi connectivity index (χ0n) is 12.1. The summed E-state index contributed by atoms with van der Waals surface area (Å²) in [6, 6.07) is -0.128. The molecule has 0 aromatic heterocycles. The second kappa shape index (κ2) is 5.99. The molecule has 114 valence electrons. The molecule has 0 radical (unpaired) electrons. The lowest BCUT2D eigenvalue weighted by Gasteiger charge is -2.39. The third kappa shape index (κ3) is 3.23. The summed E-state index contributed by atoms with van der Waals surface area (Å²) in [6.45, 7) is 2.61. The fourth-order valence-electron chi connectivity index (χ4n) is 3.18. The SMILES string of the molecule is CC1(C(=O)O)CCCN(C(=O)NC2CCCCC2N)C1. The number of piperidine rings is 1. The van der Waals surface area contributed by atoms with Gasteiger partial charge in [0.15, 0.2) is 0 Å². The molecule has 3 unspecified atom stereocenters. The molecule has 6 heteroatoms. The molecule has 3 atom stereocenters. The lowest BCUT2D eigenvalue weighted by atomic mass is 9.82. The van der Waals surface area contributed by atoms with Gasteiger partial charge in [-0.1, -0.05) is 12.8 Å². The van der Waals surface area contributed by atoms with Gasteiger partial charge in [-0.25, -0.2) is 4.79 Å². The Morgan fingerprint density at radius 3 is 2.65 bits per heavy atom. The Hall–Kier alpha value is -1.30. The van der Waals surface area contributed by atoms with E-state index in [1.54, 1.807) is 11.8 Å². The largest absolute Gasteiger partial charge is 0.481 e. The summed E-state index contributed by atoms with van der Waals surface area (Å²) in [5.74, 6) is -0.829. The number of amides is 2. The molecule has 1 heterocycles. The van der Waals surface area contributed by atoms with Crippen LogP contribution in [0.4, 0.5) is 4.79 Å². The van der Waals surface area contributed by atoms with Gasteiger partial charge in [0.2, 0.25) is 0 Å². The highest BCUT2D eigenvalue weighted by Crippen LogP contribution is 2.29. The fourth-order valence-corrected chi connectivity index (χ4v) is 3.18. The smallest absolute Gasteiger partial charge is 0.317 e. The molecule has 2 aliphatic rings. The molecule has 2 amide bonds. The van der Waals surface area contributed by atoms with E-state index in [0.29, 0.717) is 13.0 Å². The van der Waals surface area contributed by atoms with Crippen molar-refractivity contribution in [1.29, 1.82) is 0 Å². The summed E-state index contributed by atoms with van der Waals surface area (Å²) in [7, 11) is 0. The fraction of sp³-hybridized carbons (Fsp3) is 0.857. The number of nitrogens with two attached hydrogens (primary N) is 1. The van der Waals surface area contributed by atoms with Crippen molar-refractivity contribution in [3.8, 4) is 0 Å². The molecule has 4 N–H and O–H groups in total. The van der Waals surface area contributed by atoms with Crippen LogP contribution in [0, 0.1) is 5.41 Å². The number of nitrogens with one attached hydrogen (secondary N) is 1. The molecule has 1 saturated carbocycles. The Kier molecular flexibility index (Phi) is 4.52. The highest BCUT2D eigenvalue weighted by molar-refractivity contribution is 5.78. The number of carbonyl (C=O) groups is 2. The molecule has 1 aliphatic heterocycles. The third-order valence-corrected chi connectivity index (χ3v) is 4.63.